The first-order chi connectivity index (χ1) is 8.70. The highest BCUT2D eigenvalue weighted by molar-refractivity contribution is 6.29. The molecule has 0 radical (unpaired) electrons. The van der Waals surface area contributed by atoms with E-state index < -0.39 is 0 Å². The molecule has 4 nitrogen and oxygen atoms in total. The Bertz CT molecular complexity index is 399. The summed E-state index contributed by atoms with van der Waals surface area (Å²) in [6.07, 6.45) is 3.30. The summed E-state index contributed by atoms with van der Waals surface area (Å²) in [5.41, 5.74) is 1.00. The van der Waals surface area contributed by atoms with Crippen molar-refractivity contribution in [2.75, 3.05) is 13.2 Å². The van der Waals surface area contributed by atoms with Crippen LogP contribution < -0.4 is 0 Å². The molecule has 1 aromatic heterocycles. The van der Waals surface area contributed by atoms with E-state index in [1.54, 1.807) is 12.3 Å². The maximum atomic E-state index is 11.6. The van der Waals surface area contributed by atoms with Crippen LogP contribution in [0.5, 0.6) is 0 Å². The number of hydrogen-bond donors (Lipinski definition) is 0. The summed E-state index contributed by atoms with van der Waals surface area (Å²) in [5.74, 6) is -0.299. The van der Waals surface area contributed by atoms with E-state index in [0.717, 1.165) is 18.4 Å². The second kappa shape index (κ2) is 6.16. The van der Waals surface area contributed by atoms with Crippen molar-refractivity contribution in [3.8, 4) is 0 Å². The molecule has 0 unspecified atom stereocenters. The molecule has 0 aromatic carbocycles. The smallest absolute Gasteiger partial charge is 0.311 e. The standard InChI is InChI=1S/C13H16ClNO3/c1-2-17-13(16)10-3-5-11(18-8-10)9-4-6-12(14)15-7-9/h4,6-7,10-11H,2-3,5,8H2,1H3/t10-,11+/m1/s1. The lowest BCUT2D eigenvalue weighted by Gasteiger charge is -2.27. The predicted molar refractivity (Wildman–Crippen MR) is 67.3 cm³/mol. The van der Waals surface area contributed by atoms with Gasteiger partial charge < -0.3 is 9.47 Å². The molecule has 1 fully saturated rings. The van der Waals surface area contributed by atoms with E-state index in [1.165, 1.54) is 0 Å². The van der Waals surface area contributed by atoms with E-state index in [9.17, 15) is 4.79 Å². The fourth-order valence-electron chi connectivity index (χ4n) is 2.04. The van der Waals surface area contributed by atoms with Crippen LogP contribution in [0, 0.1) is 5.92 Å². The van der Waals surface area contributed by atoms with Gasteiger partial charge in [0, 0.05) is 6.20 Å². The van der Waals surface area contributed by atoms with Crippen molar-refractivity contribution in [1.29, 1.82) is 0 Å². The van der Waals surface area contributed by atoms with Crippen molar-refractivity contribution in [3.63, 3.8) is 0 Å². The Balaban J connectivity index is 1.90. The average Bonchev–Trinajstić information content (AvgIpc) is 2.40. The second-order valence-corrected chi connectivity index (χ2v) is 4.65. The van der Waals surface area contributed by atoms with Crippen LogP contribution in [0.4, 0.5) is 0 Å². The summed E-state index contributed by atoms with van der Waals surface area (Å²) in [7, 11) is 0. The van der Waals surface area contributed by atoms with E-state index in [0.29, 0.717) is 18.4 Å². The Morgan fingerprint density at radius 3 is 2.94 bits per heavy atom. The molecule has 98 valence electrons. The van der Waals surface area contributed by atoms with Crippen LogP contribution in [-0.4, -0.2) is 24.2 Å². The fourth-order valence-corrected chi connectivity index (χ4v) is 2.15. The Labute approximate surface area is 111 Å². The van der Waals surface area contributed by atoms with Gasteiger partial charge in [0.1, 0.15) is 5.15 Å². The minimum absolute atomic E-state index is 0.000410. The van der Waals surface area contributed by atoms with Gasteiger partial charge in [-0.2, -0.15) is 0 Å². The third-order valence-corrected chi connectivity index (χ3v) is 3.24. The highest BCUT2D eigenvalue weighted by atomic mass is 35.5. The summed E-state index contributed by atoms with van der Waals surface area (Å²) >= 11 is 5.74. The molecule has 1 aliphatic rings. The molecule has 2 heterocycles. The first-order valence-electron chi connectivity index (χ1n) is 6.10. The minimum Gasteiger partial charge on any atom is -0.466 e. The molecule has 0 saturated carbocycles. The van der Waals surface area contributed by atoms with Crippen molar-refractivity contribution in [3.05, 3.63) is 29.0 Å². The molecule has 0 N–H and O–H groups in total. The normalized spacial score (nSPS) is 23.7. The Morgan fingerprint density at radius 1 is 1.56 bits per heavy atom. The van der Waals surface area contributed by atoms with Crippen LogP contribution >= 0.6 is 11.6 Å². The lowest BCUT2D eigenvalue weighted by atomic mass is 9.95. The van der Waals surface area contributed by atoms with E-state index in [4.69, 9.17) is 21.1 Å². The highest BCUT2D eigenvalue weighted by Crippen LogP contribution is 2.31. The lowest BCUT2D eigenvalue weighted by Crippen LogP contribution is -2.28. The van der Waals surface area contributed by atoms with E-state index in [2.05, 4.69) is 4.98 Å². The van der Waals surface area contributed by atoms with Gasteiger partial charge in [0.2, 0.25) is 0 Å². The topological polar surface area (TPSA) is 48.4 Å². The van der Waals surface area contributed by atoms with Gasteiger partial charge in [0.25, 0.3) is 0 Å². The largest absolute Gasteiger partial charge is 0.466 e. The van der Waals surface area contributed by atoms with Gasteiger partial charge in [0.05, 0.1) is 25.2 Å². The summed E-state index contributed by atoms with van der Waals surface area (Å²) in [6, 6.07) is 3.66. The number of ether oxygens (including phenoxy) is 2. The maximum absolute atomic E-state index is 11.6. The van der Waals surface area contributed by atoms with Crippen LogP contribution in [-0.2, 0) is 14.3 Å². The molecule has 1 saturated heterocycles. The number of carbonyl (C=O) groups excluding carboxylic acids is 1. The third-order valence-electron chi connectivity index (χ3n) is 3.02. The van der Waals surface area contributed by atoms with Crippen LogP contribution in [0.1, 0.15) is 31.4 Å². The van der Waals surface area contributed by atoms with Gasteiger partial charge in [-0.1, -0.05) is 17.7 Å². The third kappa shape index (κ3) is 3.21. The van der Waals surface area contributed by atoms with Crippen molar-refractivity contribution in [2.45, 2.75) is 25.9 Å². The molecule has 18 heavy (non-hydrogen) atoms. The Morgan fingerprint density at radius 2 is 2.39 bits per heavy atom. The minimum atomic E-state index is -0.162. The molecule has 0 amide bonds. The van der Waals surface area contributed by atoms with Gasteiger partial charge in [-0.25, -0.2) is 4.98 Å². The van der Waals surface area contributed by atoms with Crippen LogP contribution in [0.25, 0.3) is 0 Å². The predicted octanol–water partition coefficient (Wildman–Crippen LogP) is 2.77. The molecule has 0 bridgehead atoms. The van der Waals surface area contributed by atoms with Crippen LogP contribution in [0.15, 0.2) is 18.3 Å². The molecule has 0 aliphatic carbocycles. The van der Waals surface area contributed by atoms with Crippen LogP contribution in [0.3, 0.4) is 0 Å². The number of rotatable bonds is 3. The number of hydrogen-bond acceptors (Lipinski definition) is 4. The summed E-state index contributed by atoms with van der Waals surface area (Å²) in [6.45, 7) is 2.63. The number of carbonyl (C=O) groups is 1. The molecule has 0 spiro atoms. The van der Waals surface area contributed by atoms with Gasteiger partial charge in [0.15, 0.2) is 0 Å². The van der Waals surface area contributed by atoms with Gasteiger partial charge in [-0.15, -0.1) is 0 Å². The van der Waals surface area contributed by atoms with E-state index >= 15 is 0 Å². The lowest BCUT2D eigenvalue weighted by molar-refractivity contribution is -0.154. The second-order valence-electron chi connectivity index (χ2n) is 4.26. The fraction of sp³-hybridized carbons (Fsp3) is 0.538. The zero-order valence-electron chi connectivity index (χ0n) is 10.3. The monoisotopic (exact) mass is 269 g/mol. The number of nitrogens with zero attached hydrogens (tertiary/aromatic N) is 1. The van der Waals surface area contributed by atoms with Crippen LogP contribution in [0.2, 0.25) is 5.15 Å². The summed E-state index contributed by atoms with van der Waals surface area (Å²) < 4.78 is 10.7. The van der Waals surface area contributed by atoms with E-state index in [-0.39, 0.29) is 18.0 Å². The van der Waals surface area contributed by atoms with Gasteiger partial charge >= 0.3 is 5.97 Å². The molecule has 1 aliphatic heterocycles. The Hall–Kier alpha value is -1.13. The van der Waals surface area contributed by atoms with Gasteiger partial charge in [-0.3, -0.25) is 4.79 Å². The van der Waals surface area contributed by atoms with Gasteiger partial charge in [-0.05, 0) is 31.4 Å². The zero-order valence-corrected chi connectivity index (χ0v) is 11.0. The molecule has 1 aromatic rings. The number of aromatic nitrogens is 1. The first-order valence-corrected chi connectivity index (χ1v) is 6.48. The number of pyridine rings is 1. The van der Waals surface area contributed by atoms with Crippen molar-refractivity contribution in [2.24, 2.45) is 5.92 Å². The molecular weight excluding hydrogens is 254 g/mol. The summed E-state index contributed by atoms with van der Waals surface area (Å²) in [4.78, 5) is 15.6. The number of halogens is 1. The van der Waals surface area contributed by atoms with E-state index in [1.807, 2.05) is 13.0 Å². The maximum Gasteiger partial charge on any atom is 0.311 e. The molecule has 5 heteroatoms. The molecule has 2 atom stereocenters. The summed E-state index contributed by atoms with van der Waals surface area (Å²) in [5, 5.41) is 0.471. The average molecular weight is 270 g/mol. The first kappa shape index (κ1) is 13.3. The van der Waals surface area contributed by atoms with Crippen molar-refractivity contribution in [1.82, 2.24) is 4.98 Å². The number of esters is 1. The molecule has 2 rings (SSSR count). The van der Waals surface area contributed by atoms with Crippen molar-refractivity contribution < 1.29 is 14.3 Å². The zero-order chi connectivity index (χ0) is 13.0. The van der Waals surface area contributed by atoms with Crippen molar-refractivity contribution >= 4 is 17.6 Å². The highest BCUT2D eigenvalue weighted by Gasteiger charge is 2.28. The molecular formula is C13H16ClNO3. The Kier molecular flexibility index (Phi) is 4.55. The quantitative estimate of drug-likeness (QED) is 0.625. The SMILES string of the molecule is CCOC(=O)[C@@H]1CC[C@@H](c2ccc(Cl)nc2)OC1.